The van der Waals surface area contributed by atoms with Crippen LogP contribution in [0.5, 0.6) is 11.5 Å². The van der Waals surface area contributed by atoms with E-state index in [4.69, 9.17) is 0 Å². The second kappa shape index (κ2) is 12.3. The second-order valence-corrected chi connectivity index (χ2v) is 7.05. The average molecular weight is 321 g/mol. The third-order valence-corrected chi connectivity index (χ3v) is 4.91. The molecular formula is C21H36O2. The summed E-state index contributed by atoms with van der Waals surface area (Å²) in [6.07, 6.45) is 15.6. The van der Waals surface area contributed by atoms with Gasteiger partial charge in [-0.2, -0.15) is 0 Å². The first kappa shape index (κ1) is 19.9. The van der Waals surface area contributed by atoms with Crippen molar-refractivity contribution in [2.45, 2.75) is 90.9 Å². The number of benzene rings is 1. The van der Waals surface area contributed by atoms with E-state index in [1.807, 2.05) is 6.07 Å². The fourth-order valence-corrected chi connectivity index (χ4v) is 3.01. The fourth-order valence-electron chi connectivity index (χ4n) is 3.01. The van der Waals surface area contributed by atoms with E-state index < -0.39 is 0 Å². The Morgan fingerprint density at radius 2 is 1.39 bits per heavy atom. The lowest BCUT2D eigenvalue weighted by Gasteiger charge is -2.07. The number of unbranched alkanes of at least 4 members (excludes halogenated alkanes) is 8. The van der Waals surface area contributed by atoms with Gasteiger partial charge in [0, 0.05) is 6.07 Å². The first-order valence-electron chi connectivity index (χ1n) is 9.64. The molecular weight excluding hydrogens is 284 g/mol. The summed E-state index contributed by atoms with van der Waals surface area (Å²) in [5.74, 6) is 1.26. The summed E-state index contributed by atoms with van der Waals surface area (Å²) in [7, 11) is 0. The molecule has 0 radical (unpaired) electrons. The van der Waals surface area contributed by atoms with E-state index >= 15 is 0 Å². The highest BCUT2D eigenvalue weighted by atomic mass is 16.3. The third kappa shape index (κ3) is 9.53. The fraction of sp³-hybridized carbons (Fsp3) is 0.714. The van der Waals surface area contributed by atoms with Gasteiger partial charge >= 0.3 is 0 Å². The molecule has 1 unspecified atom stereocenters. The smallest absolute Gasteiger partial charge is 0.122 e. The van der Waals surface area contributed by atoms with Crippen molar-refractivity contribution in [3.63, 3.8) is 0 Å². The molecule has 0 amide bonds. The van der Waals surface area contributed by atoms with Crippen molar-refractivity contribution in [3.05, 3.63) is 23.8 Å². The van der Waals surface area contributed by atoms with Gasteiger partial charge in [0.1, 0.15) is 11.5 Å². The van der Waals surface area contributed by atoms with Gasteiger partial charge in [0.2, 0.25) is 0 Å². The summed E-state index contributed by atoms with van der Waals surface area (Å²) in [6, 6.07) is 4.90. The maximum atomic E-state index is 9.72. The first-order chi connectivity index (χ1) is 11.1. The molecule has 1 rings (SSSR count). The quantitative estimate of drug-likeness (QED) is 0.403. The van der Waals surface area contributed by atoms with Crippen LogP contribution in [0.25, 0.3) is 0 Å². The standard InChI is InChI=1S/C21H36O2/c1-3-18(2)13-11-9-7-5-4-6-8-10-12-14-19-15-16-20(22)17-21(19)23/h15-18,22-23H,3-14H2,1-2H3. The van der Waals surface area contributed by atoms with Gasteiger partial charge in [0.05, 0.1) is 0 Å². The van der Waals surface area contributed by atoms with Crippen LogP contribution in [0.3, 0.4) is 0 Å². The number of hydrogen-bond acceptors (Lipinski definition) is 2. The van der Waals surface area contributed by atoms with Gasteiger partial charge in [-0.3, -0.25) is 0 Å². The van der Waals surface area contributed by atoms with Crippen LogP contribution in [0.1, 0.15) is 90.0 Å². The van der Waals surface area contributed by atoms with Gasteiger partial charge in [-0.15, -0.1) is 0 Å². The van der Waals surface area contributed by atoms with Gasteiger partial charge in [-0.05, 0) is 30.4 Å². The van der Waals surface area contributed by atoms with E-state index in [1.165, 1.54) is 70.3 Å². The van der Waals surface area contributed by atoms with Crippen molar-refractivity contribution in [2.24, 2.45) is 5.92 Å². The van der Waals surface area contributed by atoms with E-state index in [-0.39, 0.29) is 11.5 Å². The molecule has 0 spiro atoms. The second-order valence-electron chi connectivity index (χ2n) is 7.05. The summed E-state index contributed by atoms with van der Waals surface area (Å²) in [5, 5.41) is 19.0. The summed E-state index contributed by atoms with van der Waals surface area (Å²) in [5.41, 5.74) is 0.948. The Morgan fingerprint density at radius 1 is 0.826 bits per heavy atom. The van der Waals surface area contributed by atoms with Crippen molar-refractivity contribution >= 4 is 0 Å². The van der Waals surface area contributed by atoms with Crippen molar-refractivity contribution in [2.75, 3.05) is 0 Å². The third-order valence-electron chi connectivity index (χ3n) is 4.91. The van der Waals surface area contributed by atoms with Crippen LogP contribution in [0, 0.1) is 5.92 Å². The number of phenols is 2. The molecule has 0 heterocycles. The molecule has 2 heteroatoms. The van der Waals surface area contributed by atoms with Crippen LogP contribution >= 0.6 is 0 Å². The largest absolute Gasteiger partial charge is 0.508 e. The topological polar surface area (TPSA) is 40.5 Å². The Labute approximate surface area is 142 Å². The van der Waals surface area contributed by atoms with Crippen LogP contribution in [0.4, 0.5) is 0 Å². The first-order valence-corrected chi connectivity index (χ1v) is 9.64. The number of hydrogen-bond donors (Lipinski definition) is 2. The van der Waals surface area contributed by atoms with Gasteiger partial charge in [-0.1, -0.05) is 84.1 Å². The minimum atomic E-state index is 0.135. The van der Waals surface area contributed by atoms with Crippen LogP contribution in [0.2, 0.25) is 0 Å². The van der Waals surface area contributed by atoms with Crippen LogP contribution < -0.4 is 0 Å². The zero-order valence-corrected chi connectivity index (χ0v) is 15.2. The number of rotatable bonds is 13. The molecule has 0 bridgehead atoms. The molecule has 0 aromatic heterocycles. The lowest BCUT2D eigenvalue weighted by atomic mass is 9.99. The van der Waals surface area contributed by atoms with E-state index in [1.54, 1.807) is 6.07 Å². The number of aryl methyl sites for hydroxylation is 1. The summed E-state index contributed by atoms with van der Waals surface area (Å²) < 4.78 is 0. The Kier molecular flexibility index (Phi) is 10.6. The minimum Gasteiger partial charge on any atom is -0.508 e. The molecule has 1 aromatic carbocycles. The van der Waals surface area contributed by atoms with E-state index in [2.05, 4.69) is 13.8 Å². The lowest BCUT2D eigenvalue weighted by molar-refractivity contribution is 0.444. The van der Waals surface area contributed by atoms with Crippen LogP contribution in [0.15, 0.2) is 18.2 Å². The van der Waals surface area contributed by atoms with Gasteiger partial charge in [-0.25, -0.2) is 0 Å². The molecule has 0 saturated heterocycles. The lowest BCUT2D eigenvalue weighted by Crippen LogP contribution is -1.91. The molecule has 2 N–H and O–H groups in total. The Bertz CT molecular complexity index is 414. The molecule has 2 nitrogen and oxygen atoms in total. The molecule has 0 aliphatic heterocycles. The molecule has 0 saturated carbocycles. The van der Waals surface area contributed by atoms with Crippen LogP contribution in [-0.2, 0) is 6.42 Å². The van der Waals surface area contributed by atoms with E-state index in [0.717, 1.165) is 24.3 Å². The maximum Gasteiger partial charge on any atom is 0.122 e. The van der Waals surface area contributed by atoms with Crippen molar-refractivity contribution in [1.29, 1.82) is 0 Å². The molecule has 0 aliphatic rings. The molecule has 23 heavy (non-hydrogen) atoms. The molecule has 1 atom stereocenters. The summed E-state index contributed by atoms with van der Waals surface area (Å²) in [6.45, 7) is 4.64. The Morgan fingerprint density at radius 3 is 1.96 bits per heavy atom. The van der Waals surface area contributed by atoms with Crippen molar-refractivity contribution in [3.8, 4) is 11.5 Å². The highest BCUT2D eigenvalue weighted by molar-refractivity contribution is 5.38. The van der Waals surface area contributed by atoms with Gasteiger partial charge < -0.3 is 10.2 Å². The van der Waals surface area contributed by atoms with Gasteiger partial charge in [0.15, 0.2) is 0 Å². The molecule has 132 valence electrons. The van der Waals surface area contributed by atoms with Gasteiger partial charge in [0.25, 0.3) is 0 Å². The Balaban J connectivity index is 1.90. The summed E-state index contributed by atoms with van der Waals surface area (Å²) in [4.78, 5) is 0. The highest BCUT2D eigenvalue weighted by Gasteiger charge is 2.02. The SMILES string of the molecule is CCC(C)CCCCCCCCCCCc1ccc(O)cc1O. The van der Waals surface area contributed by atoms with Crippen molar-refractivity contribution < 1.29 is 10.2 Å². The summed E-state index contributed by atoms with van der Waals surface area (Å²) >= 11 is 0. The normalized spacial score (nSPS) is 12.4. The zero-order valence-electron chi connectivity index (χ0n) is 15.2. The predicted molar refractivity (Wildman–Crippen MR) is 99.1 cm³/mol. The Hall–Kier alpha value is -1.18. The average Bonchev–Trinajstić information content (AvgIpc) is 2.54. The predicted octanol–water partition coefficient (Wildman–Crippen LogP) is 6.59. The maximum absolute atomic E-state index is 9.72. The molecule has 1 aromatic rings. The number of aromatic hydroxyl groups is 2. The highest BCUT2D eigenvalue weighted by Crippen LogP contribution is 2.24. The van der Waals surface area contributed by atoms with Crippen LogP contribution in [-0.4, -0.2) is 10.2 Å². The molecule has 0 fully saturated rings. The zero-order chi connectivity index (χ0) is 16.9. The monoisotopic (exact) mass is 320 g/mol. The van der Waals surface area contributed by atoms with Crippen molar-refractivity contribution in [1.82, 2.24) is 0 Å². The minimum absolute atomic E-state index is 0.135. The van der Waals surface area contributed by atoms with E-state index in [9.17, 15) is 10.2 Å². The number of phenolic OH excluding ortho intramolecular Hbond substituents is 2. The van der Waals surface area contributed by atoms with E-state index in [0.29, 0.717) is 0 Å². The molecule has 0 aliphatic carbocycles.